The minimum absolute atomic E-state index is 0.145. The molecule has 2 rings (SSSR count). The number of rotatable bonds is 6. The highest BCUT2D eigenvalue weighted by Gasteiger charge is 2.04. The topological polar surface area (TPSA) is 81.4 Å². The molecule has 1 aromatic heterocycles. The molecule has 0 atom stereocenters. The Hall–Kier alpha value is -2.63. The summed E-state index contributed by atoms with van der Waals surface area (Å²) in [7, 11) is 0. The van der Waals surface area contributed by atoms with E-state index in [2.05, 4.69) is 5.10 Å². The molecule has 2 aromatic rings. The number of hydrogen-bond acceptors (Lipinski definition) is 4. The third kappa shape index (κ3) is 4.17. The molecular weight excluding hydrogens is 272 g/mol. The predicted octanol–water partition coefficient (Wildman–Crippen LogP) is 1.72. The van der Waals surface area contributed by atoms with Crippen LogP contribution in [0.15, 0.2) is 41.2 Å². The molecule has 0 aliphatic rings. The lowest BCUT2D eigenvalue weighted by molar-refractivity contribution is 0.0696. The van der Waals surface area contributed by atoms with Gasteiger partial charge in [-0.05, 0) is 31.2 Å². The third-order valence-electron chi connectivity index (χ3n) is 2.86. The average molecular weight is 288 g/mol. The second-order valence-electron chi connectivity index (χ2n) is 4.57. The van der Waals surface area contributed by atoms with Gasteiger partial charge in [0.15, 0.2) is 0 Å². The lowest BCUT2D eigenvalue weighted by Crippen LogP contribution is -2.23. The molecule has 0 unspecified atom stereocenters. The van der Waals surface area contributed by atoms with Crippen molar-refractivity contribution in [1.82, 2.24) is 9.78 Å². The van der Waals surface area contributed by atoms with Crippen molar-refractivity contribution in [3.8, 4) is 5.75 Å². The van der Waals surface area contributed by atoms with E-state index >= 15 is 0 Å². The van der Waals surface area contributed by atoms with Crippen molar-refractivity contribution >= 4 is 5.97 Å². The Morgan fingerprint density at radius 2 is 2.14 bits per heavy atom. The monoisotopic (exact) mass is 288 g/mol. The summed E-state index contributed by atoms with van der Waals surface area (Å²) in [6, 6.07) is 9.46. The number of aromatic carboxylic acids is 1. The molecule has 1 aromatic carbocycles. The maximum Gasteiger partial charge on any atom is 0.335 e. The summed E-state index contributed by atoms with van der Waals surface area (Å²) in [5.41, 5.74) is 0.822. The van der Waals surface area contributed by atoms with Crippen LogP contribution in [0.3, 0.4) is 0 Å². The van der Waals surface area contributed by atoms with Crippen LogP contribution in [0.2, 0.25) is 0 Å². The molecule has 6 heteroatoms. The Bertz CT molecular complexity index is 694. The van der Waals surface area contributed by atoms with Crippen molar-refractivity contribution in [2.75, 3.05) is 6.61 Å². The van der Waals surface area contributed by atoms with Gasteiger partial charge < -0.3 is 9.84 Å². The smallest absolute Gasteiger partial charge is 0.335 e. The Balaban J connectivity index is 1.87. The van der Waals surface area contributed by atoms with Gasteiger partial charge >= 0.3 is 5.97 Å². The zero-order valence-corrected chi connectivity index (χ0v) is 11.7. The van der Waals surface area contributed by atoms with E-state index in [9.17, 15) is 9.59 Å². The zero-order valence-electron chi connectivity index (χ0n) is 11.7. The number of carboxylic acids is 1. The molecule has 0 saturated heterocycles. The number of hydrogen-bond donors (Lipinski definition) is 1. The van der Waals surface area contributed by atoms with Crippen molar-refractivity contribution in [3.63, 3.8) is 0 Å². The van der Waals surface area contributed by atoms with Gasteiger partial charge in [0.2, 0.25) is 0 Å². The molecule has 0 bridgehead atoms. The Kier molecular flexibility index (Phi) is 4.71. The van der Waals surface area contributed by atoms with Gasteiger partial charge in [-0.1, -0.05) is 6.07 Å². The molecule has 6 nitrogen and oxygen atoms in total. The van der Waals surface area contributed by atoms with E-state index in [4.69, 9.17) is 9.84 Å². The average Bonchev–Trinajstić information content (AvgIpc) is 2.47. The number of carboxylic acid groups (broad SMARTS) is 1. The van der Waals surface area contributed by atoms with E-state index in [1.807, 2.05) is 6.92 Å². The van der Waals surface area contributed by atoms with Crippen LogP contribution >= 0.6 is 0 Å². The van der Waals surface area contributed by atoms with Crippen LogP contribution in [0.5, 0.6) is 5.75 Å². The minimum atomic E-state index is -0.990. The van der Waals surface area contributed by atoms with Crippen LogP contribution in [0, 0.1) is 6.92 Å². The minimum Gasteiger partial charge on any atom is -0.494 e. The molecule has 0 radical (unpaired) electrons. The van der Waals surface area contributed by atoms with Crippen molar-refractivity contribution in [3.05, 3.63) is 58.0 Å². The number of aromatic nitrogens is 2. The number of nitrogens with zero attached hydrogens (tertiary/aromatic N) is 2. The SMILES string of the molecule is Cc1ccc(=O)n(CCCOc2cccc(C(=O)O)c2)n1. The van der Waals surface area contributed by atoms with Gasteiger partial charge in [-0.2, -0.15) is 5.10 Å². The highest BCUT2D eigenvalue weighted by Crippen LogP contribution is 2.13. The van der Waals surface area contributed by atoms with Crippen LogP contribution in [0.1, 0.15) is 22.5 Å². The summed E-state index contributed by atoms with van der Waals surface area (Å²) in [6.07, 6.45) is 0.605. The van der Waals surface area contributed by atoms with E-state index < -0.39 is 5.97 Å². The van der Waals surface area contributed by atoms with Crippen LogP contribution in [-0.4, -0.2) is 27.5 Å². The van der Waals surface area contributed by atoms with Crippen LogP contribution < -0.4 is 10.3 Å². The molecule has 1 N–H and O–H groups in total. The van der Waals surface area contributed by atoms with E-state index in [-0.39, 0.29) is 11.1 Å². The van der Waals surface area contributed by atoms with Gasteiger partial charge in [0.25, 0.3) is 5.56 Å². The van der Waals surface area contributed by atoms with E-state index in [1.54, 1.807) is 18.2 Å². The summed E-state index contributed by atoms with van der Waals surface area (Å²) in [4.78, 5) is 22.4. The molecule has 0 aliphatic heterocycles. The van der Waals surface area contributed by atoms with Gasteiger partial charge in [-0.15, -0.1) is 0 Å². The molecule has 0 amide bonds. The van der Waals surface area contributed by atoms with Crippen molar-refractivity contribution in [2.24, 2.45) is 0 Å². The van der Waals surface area contributed by atoms with Crippen LogP contribution in [-0.2, 0) is 6.54 Å². The van der Waals surface area contributed by atoms with Crippen molar-refractivity contribution in [2.45, 2.75) is 19.9 Å². The third-order valence-corrected chi connectivity index (χ3v) is 2.86. The molecule has 1 heterocycles. The number of carbonyl (C=O) groups is 1. The molecule has 0 fully saturated rings. The number of benzene rings is 1. The lowest BCUT2D eigenvalue weighted by Gasteiger charge is -2.08. The predicted molar refractivity (Wildman–Crippen MR) is 76.7 cm³/mol. The maximum absolute atomic E-state index is 11.5. The molecule has 21 heavy (non-hydrogen) atoms. The maximum atomic E-state index is 11.5. The van der Waals surface area contributed by atoms with Gasteiger partial charge in [-0.3, -0.25) is 4.79 Å². The van der Waals surface area contributed by atoms with Gasteiger partial charge in [0.05, 0.1) is 17.9 Å². The van der Waals surface area contributed by atoms with Gasteiger partial charge in [0.1, 0.15) is 5.75 Å². The highest BCUT2D eigenvalue weighted by molar-refractivity contribution is 5.87. The van der Waals surface area contributed by atoms with E-state index in [0.717, 1.165) is 5.69 Å². The summed E-state index contributed by atoms with van der Waals surface area (Å²) in [6.45, 7) is 2.66. The zero-order chi connectivity index (χ0) is 15.2. The summed E-state index contributed by atoms with van der Waals surface area (Å²) < 4.78 is 6.88. The standard InChI is InChI=1S/C15H16N2O4/c1-11-6-7-14(18)17(16-11)8-3-9-21-13-5-2-4-12(10-13)15(19)20/h2,4-7,10H,3,8-9H2,1H3,(H,19,20). The fourth-order valence-electron chi connectivity index (χ4n) is 1.83. The molecule has 0 spiro atoms. The molecule has 110 valence electrons. The van der Waals surface area contributed by atoms with Gasteiger partial charge in [-0.25, -0.2) is 9.48 Å². The highest BCUT2D eigenvalue weighted by atomic mass is 16.5. The quantitative estimate of drug-likeness (QED) is 0.818. The van der Waals surface area contributed by atoms with Crippen molar-refractivity contribution in [1.29, 1.82) is 0 Å². The Morgan fingerprint density at radius 1 is 1.33 bits per heavy atom. The van der Waals surface area contributed by atoms with Gasteiger partial charge in [0, 0.05) is 19.0 Å². The number of aryl methyl sites for hydroxylation is 2. The summed E-state index contributed by atoms with van der Waals surface area (Å²) in [5.74, 6) is -0.490. The summed E-state index contributed by atoms with van der Waals surface area (Å²) >= 11 is 0. The van der Waals surface area contributed by atoms with Crippen molar-refractivity contribution < 1.29 is 14.6 Å². The first-order valence-corrected chi connectivity index (χ1v) is 6.57. The van der Waals surface area contributed by atoms with E-state index in [0.29, 0.717) is 25.3 Å². The lowest BCUT2D eigenvalue weighted by atomic mass is 10.2. The number of ether oxygens (including phenoxy) is 1. The van der Waals surface area contributed by atoms with Crippen LogP contribution in [0.4, 0.5) is 0 Å². The Morgan fingerprint density at radius 3 is 2.90 bits per heavy atom. The Labute approximate surface area is 121 Å². The summed E-state index contributed by atoms with van der Waals surface area (Å²) in [5, 5.41) is 13.0. The molecular formula is C15H16N2O4. The first-order chi connectivity index (χ1) is 10.1. The molecule has 0 saturated carbocycles. The largest absolute Gasteiger partial charge is 0.494 e. The van der Waals surface area contributed by atoms with Crippen LogP contribution in [0.25, 0.3) is 0 Å². The fraction of sp³-hybridized carbons (Fsp3) is 0.267. The second kappa shape index (κ2) is 6.69. The van der Waals surface area contributed by atoms with E-state index in [1.165, 1.54) is 22.9 Å². The fourth-order valence-corrected chi connectivity index (χ4v) is 1.83. The first-order valence-electron chi connectivity index (χ1n) is 6.57. The first kappa shape index (κ1) is 14.8. The normalized spacial score (nSPS) is 10.3. The molecule has 0 aliphatic carbocycles. The second-order valence-corrected chi connectivity index (χ2v) is 4.57.